The van der Waals surface area contributed by atoms with Crippen molar-refractivity contribution in [3.8, 4) is 5.75 Å². The van der Waals surface area contributed by atoms with Crippen molar-refractivity contribution in [1.29, 1.82) is 0 Å². The fraction of sp³-hybridized carbons (Fsp3) is 0.524. The average Bonchev–Trinajstić information content (AvgIpc) is 2.99. The molecule has 0 unspecified atom stereocenters. The number of likely N-dealkylation sites (tertiary alicyclic amines) is 1. The van der Waals surface area contributed by atoms with E-state index >= 15 is 0 Å². The zero-order chi connectivity index (χ0) is 19.0. The molecule has 1 aromatic carbocycles. The van der Waals surface area contributed by atoms with E-state index in [1.165, 1.54) is 11.1 Å². The van der Waals surface area contributed by atoms with Crippen molar-refractivity contribution < 1.29 is 14.3 Å². The van der Waals surface area contributed by atoms with E-state index in [2.05, 4.69) is 11.2 Å². The number of aromatic nitrogens is 2. The molecular formula is C21H27N3O3. The van der Waals surface area contributed by atoms with Gasteiger partial charge < -0.3 is 14.4 Å². The van der Waals surface area contributed by atoms with Crippen LogP contribution in [-0.4, -0.2) is 47.4 Å². The normalized spacial score (nSPS) is 18.4. The number of piperidine rings is 1. The summed E-state index contributed by atoms with van der Waals surface area (Å²) in [7, 11) is 1.71. The maximum absolute atomic E-state index is 12.8. The summed E-state index contributed by atoms with van der Waals surface area (Å²) in [6, 6.07) is 8.22. The molecule has 4 rings (SSSR count). The Hall–Kier alpha value is -2.34. The van der Waals surface area contributed by atoms with Gasteiger partial charge in [-0.3, -0.25) is 9.48 Å². The molecule has 2 aromatic rings. The molecule has 6 nitrogen and oxygen atoms in total. The van der Waals surface area contributed by atoms with Crippen molar-refractivity contribution >= 4 is 5.91 Å². The number of ether oxygens (including phenoxy) is 2. The number of carbonyl (C=O) groups excluding carboxylic acids is 1. The third-order valence-corrected chi connectivity index (χ3v) is 5.85. The molecule has 0 radical (unpaired) electrons. The van der Waals surface area contributed by atoms with Crippen molar-refractivity contribution in [2.45, 2.75) is 45.3 Å². The zero-order valence-electron chi connectivity index (χ0n) is 16.3. The first-order valence-corrected chi connectivity index (χ1v) is 9.61. The van der Waals surface area contributed by atoms with Crippen LogP contribution in [0.5, 0.6) is 5.75 Å². The Morgan fingerprint density at radius 3 is 2.74 bits per heavy atom. The van der Waals surface area contributed by atoms with Crippen LogP contribution in [0.2, 0.25) is 0 Å². The molecule has 27 heavy (non-hydrogen) atoms. The summed E-state index contributed by atoms with van der Waals surface area (Å²) in [4.78, 5) is 14.7. The predicted octanol–water partition coefficient (Wildman–Crippen LogP) is 2.60. The highest BCUT2D eigenvalue weighted by molar-refractivity contribution is 5.76. The molecule has 1 fully saturated rings. The first kappa shape index (κ1) is 18.0. The Morgan fingerprint density at radius 1 is 1.30 bits per heavy atom. The number of aryl methyl sites for hydroxylation is 2. The van der Waals surface area contributed by atoms with Crippen molar-refractivity contribution in [2.24, 2.45) is 0 Å². The van der Waals surface area contributed by atoms with E-state index in [-0.39, 0.29) is 11.5 Å². The summed E-state index contributed by atoms with van der Waals surface area (Å²) in [5.41, 5.74) is 4.11. The summed E-state index contributed by atoms with van der Waals surface area (Å²) < 4.78 is 13.7. The molecule has 0 aliphatic carbocycles. The van der Waals surface area contributed by atoms with Crippen molar-refractivity contribution in [2.75, 3.05) is 26.8 Å². The van der Waals surface area contributed by atoms with Crippen molar-refractivity contribution in [3.05, 3.63) is 46.8 Å². The van der Waals surface area contributed by atoms with Gasteiger partial charge in [-0.25, -0.2) is 0 Å². The Labute approximate surface area is 160 Å². The Bertz CT molecular complexity index is 836. The zero-order valence-corrected chi connectivity index (χ0v) is 16.3. The summed E-state index contributed by atoms with van der Waals surface area (Å²) in [6.07, 6.45) is 2.50. The van der Waals surface area contributed by atoms with E-state index in [9.17, 15) is 4.79 Å². The Morgan fingerprint density at radius 2 is 2.07 bits per heavy atom. The second-order valence-corrected chi connectivity index (χ2v) is 7.55. The SMILES string of the molecule is COc1cccc2c1C1(CCN(C(=O)Cn3nc(C)cc3C)CC1)OCC2. The minimum atomic E-state index is -0.338. The lowest BCUT2D eigenvalue weighted by atomic mass is 9.78. The molecule has 6 heteroatoms. The van der Waals surface area contributed by atoms with Crippen LogP contribution in [0.25, 0.3) is 0 Å². The van der Waals surface area contributed by atoms with Crippen LogP contribution in [0.4, 0.5) is 0 Å². The molecule has 0 saturated carbocycles. The third kappa shape index (κ3) is 3.23. The summed E-state index contributed by atoms with van der Waals surface area (Å²) in [5, 5.41) is 4.41. The van der Waals surface area contributed by atoms with Crippen LogP contribution in [-0.2, 0) is 28.1 Å². The molecule has 1 aromatic heterocycles. The van der Waals surface area contributed by atoms with Gasteiger partial charge >= 0.3 is 0 Å². The summed E-state index contributed by atoms with van der Waals surface area (Å²) >= 11 is 0. The molecule has 0 atom stereocenters. The molecule has 1 saturated heterocycles. The van der Waals surface area contributed by atoms with Crippen LogP contribution in [0.3, 0.4) is 0 Å². The summed E-state index contributed by atoms with van der Waals surface area (Å²) in [6.45, 7) is 6.33. The van der Waals surface area contributed by atoms with E-state index in [4.69, 9.17) is 9.47 Å². The van der Waals surface area contributed by atoms with Crippen LogP contribution < -0.4 is 4.74 Å². The molecule has 1 spiro atoms. The quantitative estimate of drug-likeness (QED) is 0.835. The van der Waals surface area contributed by atoms with E-state index in [0.717, 1.165) is 43.0 Å². The molecule has 0 N–H and O–H groups in total. The van der Waals surface area contributed by atoms with E-state index in [0.29, 0.717) is 19.6 Å². The van der Waals surface area contributed by atoms with Gasteiger partial charge in [0.25, 0.3) is 0 Å². The summed E-state index contributed by atoms with van der Waals surface area (Å²) in [5.74, 6) is 1.02. The highest BCUT2D eigenvalue weighted by Gasteiger charge is 2.43. The van der Waals surface area contributed by atoms with Gasteiger partial charge in [0.05, 0.1) is 19.4 Å². The smallest absolute Gasteiger partial charge is 0.244 e. The van der Waals surface area contributed by atoms with Gasteiger partial charge in [0.15, 0.2) is 0 Å². The first-order chi connectivity index (χ1) is 13.0. The van der Waals surface area contributed by atoms with Gasteiger partial charge in [-0.1, -0.05) is 12.1 Å². The number of hydrogen-bond donors (Lipinski definition) is 0. The van der Waals surface area contributed by atoms with Gasteiger partial charge in [-0.05, 0) is 50.8 Å². The van der Waals surface area contributed by atoms with Crippen LogP contribution >= 0.6 is 0 Å². The number of hydrogen-bond acceptors (Lipinski definition) is 4. The standard InChI is InChI=1S/C21H27N3O3/c1-15-13-16(2)24(22-15)14-19(25)23-10-8-21(9-11-23)20-17(7-12-27-21)5-4-6-18(20)26-3/h4-6,13H,7-12,14H2,1-3H3. The largest absolute Gasteiger partial charge is 0.496 e. The number of benzene rings is 1. The van der Waals surface area contributed by atoms with Crippen LogP contribution in [0.15, 0.2) is 24.3 Å². The minimum Gasteiger partial charge on any atom is -0.496 e. The monoisotopic (exact) mass is 369 g/mol. The van der Waals surface area contributed by atoms with Crippen molar-refractivity contribution in [3.63, 3.8) is 0 Å². The minimum absolute atomic E-state index is 0.118. The molecule has 2 aliphatic heterocycles. The van der Waals surface area contributed by atoms with Crippen molar-refractivity contribution in [1.82, 2.24) is 14.7 Å². The van der Waals surface area contributed by atoms with Gasteiger partial charge in [-0.2, -0.15) is 5.10 Å². The predicted molar refractivity (Wildman–Crippen MR) is 102 cm³/mol. The highest BCUT2D eigenvalue weighted by atomic mass is 16.5. The lowest BCUT2D eigenvalue weighted by molar-refractivity contribution is -0.141. The Kier molecular flexibility index (Phi) is 4.68. The van der Waals surface area contributed by atoms with Gasteiger partial charge in [0, 0.05) is 24.3 Å². The topological polar surface area (TPSA) is 56.6 Å². The maximum Gasteiger partial charge on any atom is 0.244 e. The van der Waals surface area contributed by atoms with Gasteiger partial charge in [-0.15, -0.1) is 0 Å². The molecule has 144 valence electrons. The third-order valence-electron chi connectivity index (χ3n) is 5.85. The van der Waals surface area contributed by atoms with Gasteiger partial charge in [0.1, 0.15) is 17.9 Å². The fourth-order valence-corrected chi connectivity index (χ4v) is 4.48. The number of amides is 1. The molecular weight excluding hydrogens is 342 g/mol. The average molecular weight is 369 g/mol. The molecule has 2 aliphatic rings. The second kappa shape index (κ2) is 7.00. The highest BCUT2D eigenvalue weighted by Crippen LogP contribution is 2.45. The molecule has 0 bridgehead atoms. The number of carbonyl (C=O) groups is 1. The fourth-order valence-electron chi connectivity index (χ4n) is 4.48. The lowest BCUT2D eigenvalue weighted by Gasteiger charge is -2.45. The molecule has 1 amide bonds. The van der Waals surface area contributed by atoms with Gasteiger partial charge in [0.2, 0.25) is 5.91 Å². The first-order valence-electron chi connectivity index (χ1n) is 9.61. The lowest BCUT2D eigenvalue weighted by Crippen LogP contribution is -2.49. The number of rotatable bonds is 3. The van der Waals surface area contributed by atoms with E-state index in [1.54, 1.807) is 11.8 Å². The van der Waals surface area contributed by atoms with Crippen LogP contribution in [0, 0.1) is 13.8 Å². The molecule has 3 heterocycles. The van der Waals surface area contributed by atoms with Crippen LogP contribution in [0.1, 0.15) is 35.4 Å². The van der Waals surface area contributed by atoms with E-state index in [1.807, 2.05) is 36.9 Å². The number of methoxy groups -OCH3 is 1. The number of nitrogens with zero attached hydrogens (tertiary/aromatic N) is 3. The second-order valence-electron chi connectivity index (χ2n) is 7.55. The Balaban J connectivity index is 1.50. The maximum atomic E-state index is 12.8. The number of fused-ring (bicyclic) bond motifs is 2. The van der Waals surface area contributed by atoms with E-state index < -0.39 is 0 Å².